The van der Waals surface area contributed by atoms with Gasteiger partial charge in [0.05, 0.1) is 21.9 Å². The number of hydrogen-bond acceptors (Lipinski definition) is 5. The second-order valence-corrected chi connectivity index (χ2v) is 6.74. The van der Waals surface area contributed by atoms with E-state index in [1.165, 1.54) is 16.2 Å². The average Bonchev–Trinajstić information content (AvgIpc) is 3.01. The first-order valence-corrected chi connectivity index (χ1v) is 8.33. The van der Waals surface area contributed by atoms with Crippen LogP contribution in [0, 0.1) is 13.8 Å². The number of aromatic nitrogens is 2. The number of amides is 1. The highest BCUT2D eigenvalue weighted by Gasteiger charge is 2.18. The second kappa shape index (κ2) is 6.45. The van der Waals surface area contributed by atoms with E-state index in [0.717, 1.165) is 34.1 Å². The van der Waals surface area contributed by atoms with E-state index < -0.39 is 0 Å². The monoisotopic (exact) mass is 309 g/mol. The fraction of sp³-hybridized carbons (Fsp3) is 0.500. The van der Waals surface area contributed by atoms with E-state index in [2.05, 4.69) is 16.9 Å². The maximum absolute atomic E-state index is 12.4. The molecule has 0 aliphatic rings. The third-order valence-electron chi connectivity index (χ3n) is 3.20. The Labute approximate surface area is 127 Å². The Morgan fingerprint density at radius 1 is 1.35 bits per heavy atom. The highest BCUT2D eigenvalue weighted by molar-refractivity contribution is 7.13. The quantitative estimate of drug-likeness (QED) is 0.852. The van der Waals surface area contributed by atoms with Crippen LogP contribution in [0.25, 0.3) is 0 Å². The van der Waals surface area contributed by atoms with Crippen molar-refractivity contribution in [1.29, 1.82) is 0 Å². The van der Waals surface area contributed by atoms with Crippen LogP contribution in [0.5, 0.6) is 0 Å². The molecule has 0 bridgehead atoms. The van der Waals surface area contributed by atoms with Gasteiger partial charge in [0.25, 0.3) is 5.91 Å². The highest BCUT2D eigenvalue weighted by atomic mass is 32.1. The number of thiazole rings is 2. The molecule has 0 unspecified atom stereocenters. The number of carbonyl (C=O) groups is 1. The predicted octanol–water partition coefficient (Wildman–Crippen LogP) is 3.09. The van der Waals surface area contributed by atoms with Crippen molar-refractivity contribution in [2.45, 2.75) is 33.6 Å². The van der Waals surface area contributed by atoms with Gasteiger partial charge in [0.1, 0.15) is 4.88 Å². The second-order valence-electron chi connectivity index (χ2n) is 4.71. The van der Waals surface area contributed by atoms with E-state index in [1.807, 2.05) is 26.4 Å². The number of hydrogen-bond donors (Lipinski definition) is 0. The lowest BCUT2D eigenvalue weighted by Gasteiger charge is -2.16. The highest BCUT2D eigenvalue weighted by Crippen LogP contribution is 2.20. The molecule has 2 aromatic heterocycles. The third kappa shape index (κ3) is 3.24. The molecule has 0 atom stereocenters. The maximum Gasteiger partial charge on any atom is 0.265 e. The van der Waals surface area contributed by atoms with Gasteiger partial charge in [-0.3, -0.25) is 4.79 Å². The van der Waals surface area contributed by atoms with Crippen molar-refractivity contribution in [3.63, 3.8) is 0 Å². The first-order valence-electron chi connectivity index (χ1n) is 6.63. The summed E-state index contributed by atoms with van der Waals surface area (Å²) in [7, 11) is 1.85. The Kier molecular flexibility index (Phi) is 4.88. The van der Waals surface area contributed by atoms with Crippen LogP contribution in [-0.4, -0.2) is 34.4 Å². The van der Waals surface area contributed by atoms with Crippen molar-refractivity contribution in [3.05, 3.63) is 31.7 Å². The van der Waals surface area contributed by atoms with Gasteiger partial charge in [0.15, 0.2) is 0 Å². The molecular formula is C14H19N3OS2. The van der Waals surface area contributed by atoms with Crippen LogP contribution in [0.15, 0.2) is 5.51 Å². The van der Waals surface area contributed by atoms with Crippen LogP contribution >= 0.6 is 22.7 Å². The van der Waals surface area contributed by atoms with Gasteiger partial charge in [0, 0.05) is 24.9 Å². The Bertz CT molecular complexity index is 603. The molecule has 20 heavy (non-hydrogen) atoms. The van der Waals surface area contributed by atoms with Crippen molar-refractivity contribution < 1.29 is 4.79 Å². The topological polar surface area (TPSA) is 46.1 Å². The molecule has 108 valence electrons. The van der Waals surface area contributed by atoms with Crippen LogP contribution in [0.1, 0.15) is 37.9 Å². The molecule has 4 nitrogen and oxygen atoms in total. The molecule has 0 aliphatic carbocycles. The largest absolute Gasteiger partial charge is 0.341 e. The Balaban J connectivity index is 2.01. The van der Waals surface area contributed by atoms with Crippen molar-refractivity contribution in [2.24, 2.45) is 0 Å². The molecule has 0 saturated heterocycles. The molecule has 0 aliphatic heterocycles. The molecule has 0 spiro atoms. The first kappa shape index (κ1) is 15.1. The zero-order chi connectivity index (χ0) is 14.7. The zero-order valence-corrected chi connectivity index (χ0v) is 13.9. The van der Waals surface area contributed by atoms with Crippen LogP contribution < -0.4 is 0 Å². The van der Waals surface area contributed by atoms with Gasteiger partial charge in [-0.05, 0) is 20.3 Å². The number of carbonyl (C=O) groups excluding carboxylic acids is 1. The van der Waals surface area contributed by atoms with Crippen LogP contribution in [-0.2, 0) is 12.8 Å². The Hall–Kier alpha value is -1.27. The summed E-state index contributed by atoms with van der Waals surface area (Å²) in [5, 5.41) is 1.03. The number of rotatable bonds is 5. The van der Waals surface area contributed by atoms with Gasteiger partial charge in [-0.2, -0.15) is 0 Å². The van der Waals surface area contributed by atoms with E-state index in [1.54, 1.807) is 16.2 Å². The van der Waals surface area contributed by atoms with Gasteiger partial charge >= 0.3 is 0 Å². The predicted molar refractivity (Wildman–Crippen MR) is 83.7 cm³/mol. The summed E-state index contributed by atoms with van der Waals surface area (Å²) in [5.74, 6) is 0.0712. The van der Waals surface area contributed by atoms with Gasteiger partial charge in [-0.25, -0.2) is 9.97 Å². The molecule has 6 heteroatoms. The number of nitrogens with zero attached hydrogens (tertiary/aromatic N) is 3. The standard InChI is InChI=1S/C14H19N3OS2/c1-5-12-16-10(3)13(20-12)14(18)17(4)7-6-11-9(2)15-8-19-11/h8H,5-7H2,1-4H3. The smallest absolute Gasteiger partial charge is 0.265 e. The van der Waals surface area contributed by atoms with Gasteiger partial charge in [0.2, 0.25) is 0 Å². The molecule has 0 radical (unpaired) electrons. The molecule has 0 fully saturated rings. The normalized spacial score (nSPS) is 10.8. The molecule has 2 aromatic rings. The van der Waals surface area contributed by atoms with E-state index in [-0.39, 0.29) is 5.91 Å². The molecule has 1 amide bonds. The minimum Gasteiger partial charge on any atom is -0.341 e. The Morgan fingerprint density at radius 3 is 2.65 bits per heavy atom. The SMILES string of the molecule is CCc1nc(C)c(C(=O)N(C)CCc2scnc2C)s1. The fourth-order valence-corrected chi connectivity index (χ4v) is 3.68. The molecule has 0 saturated carbocycles. The summed E-state index contributed by atoms with van der Waals surface area (Å²) in [6.45, 7) is 6.68. The Morgan fingerprint density at radius 2 is 2.10 bits per heavy atom. The third-order valence-corrected chi connectivity index (χ3v) is 5.49. The van der Waals surface area contributed by atoms with Crippen LogP contribution in [0.2, 0.25) is 0 Å². The van der Waals surface area contributed by atoms with E-state index in [0.29, 0.717) is 6.54 Å². The first-order chi connectivity index (χ1) is 9.52. The van der Waals surface area contributed by atoms with E-state index >= 15 is 0 Å². The average molecular weight is 309 g/mol. The van der Waals surface area contributed by atoms with Gasteiger partial charge in [-0.15, -0.1) is 22.7 Å². The van der Waals surface area contributed by atoms with Crippen molar-refractivity contribution in [2.75, 3.05) is 13.6 Å². The summed E-state index contributed by atoms with van der Waals surface area (Å²) in [5.41, 5.74) is 3.77. The van der Waals surface area contributed by atoms with E-state index in [4.69, 9.17) is 0 Å². The van der Waals surface area contributed by atoms with Gasteiger partial charge in [-0.1, -0.05) is 6.92 Å². The zero-order valence-electron chi connectivity index (χ0n) is 12.3. The maximum atomic E-state index is 12.4. The summed E-state index contributed by atoms with van der Waals surface area (Å²) in [6, 6.07) is 0. The summed E-state index contributed by atoms with van der Waals surface area (Å²) >= 11 is 3.16. The number of aryl methyl sites for hydroxylation is 3. The summed E-state index contributed by atoms with van der Waals surface area (Å²) < 4.78 is 0. The number of likely N-dealkylation sites (N-methyl/N-ethyl adjacent to an activating group) is 1. The molecule has 2 rings (SSSR count). The lowest BCUT2D eigenvalue weighted by molar-refractivity contribution is 0.0800. The molecule has 0 N–H and O–H groups in total. The molecule has 2 heterocycles. The minimum atomic E-state index is 0.0712. The van der Waals surface area contributed by atoms with Crippen molar-refractivity contribution >= 4 is 28.6 Å². The lowest BCUT2D eigenvalue weighted by Crippen LogP contribution is -2.28. The van der Waals surface area contributed by atoms with Gasteiger partial charge < -0.3 is 4.90 Å². The lowest BCUT2D eigenvalue weighted by atomic mass is 10.3. The molecule has 0 aromatic carbocycles. The minimum absolute atomic E-state index is 0.0712. The van der Waals surface area contributed by atoms with Crippen molar-refractivity contribution in [1.82, 2.24) is 14.9 Å². The van der Waals surface area contributed by atoms with Crippen molar-refractivity contribution in [3.8, 4) is 0 Å². The van der Waals surface area contributed by atoms with E-state index in [9.17, 15) is 4.79 Å². The molecular weight excluding hydrogens is 290 g/mol. The van der Waals surface area contributed by atoms with Crippen LogP contribution in [0.3, 0.4) is 0 Å². The fourth-order valence-electron chi connectivity index (χ4n) is 1.91. The summed E-state index contributed by atoms with van der Waals surface area (Å²) in [4.78, 5) is 24.9. The van der Waals surface area contributed by atoms with Crippen LogP contribution in [0.4, 0.5) is 0 Å². The summed E-state index contributed by atoms with van der Waals surface area (Å²) in [6.07, 6.45) is 1.74.